The average Bonchev–Trinajstić information content (AvgIpc) is 2.68. The summed E-state index contributed by atoms with van der Waals surface area (Å²) < 4.78 is 0. The van der Waals surface area contributed by atoms with Gasteiger partial charge in [-0.25, -0.2) is 4.98 Å². The minimum atomic E-state index is 0.624. The first-order chi connectivity index (χ1) is 13.1. The predicted molar refractivity (Wildman–Crippen MR) is 111 cm³/mol. The van der Waals surface area contributed by atoms with E-state index in [1.165, 1.54) is 11.1 Å². The molecule has 0 fully saturated rings. The van der Waals surface area contributed by atoms with Gasteiger partial charge >= 0.3 is 0 Å². The van der Waals surface area contributed by atoms with Crippen LogP contribution in [0.4, 0.5) is 11.8 Å². The van der Waals surface area contributed by atoms with Crippen molar-refractivity contribution in [1.82, 2.24) is 19.9 Å². The normalized spacial score (nSPS) is 10.8. The molecule has 2 heterocycles. The van der Waals surface area contributed by atoms with Gasteiger partial charge in [-0.3, -0.25) is 4.98 Å². The molecule has 0 atom stereocenters. The highest BCUT2D eigenvalue weighted by Gasteiger charge is 2.07. The van der Waals surface area contributed by atoms with Gasteiger partial charge in [-0.1, -0.05) is 24.3 Å². The van der Waals surface area contributed by atoms with E-state index < -0.39 is 0 Å². The van der Waals surface area contributed by atoms with E-state index in [0.29, 0.717) is 5.95 Å². The van der Waals surface area contributed by atoms with Gasteiger partial charge in [0.1, 0.15) is 5.82 Å². The van der Waals surface area contributed by atoms with Gasteiger partial charge in [-0.05, 0) is 44.3 Å². The number of pyridine rings is 1. The highest BCUT2D eigenvalue weighted by atomic mass is 15.2. The topological polar surface area (TPSA) is 66.0 Å². The lowest BCUT2D eigenvalue weighted by Crippen LogP contribution is -2.21. The van der Waals surface area contributed by atoms with Crippen molar-refractivity contribution in [3.8, 4) is 11.3 Å². The molecular formula is C21H26N6. The first-order valence-electron chi connectivity index (χ1n) is 9.08. The third-order valence-corrected chi connectivity index (χ3v) is 4.27. The summed E-state index contributed by atoms with van der Waals surface area (Å²) in [5.41, 5.74) is 4.40. The average molecular weight is 362 g/mol. The second-order valence-corrected chi connectivity index (χ2v) is 6.71. The van der Waals surface area contributed by atoms with E-state index in [2.05, 4.69) is 61.7 Å². The van der Waals surface area contributed by atoms with Gasteiger partial charge in [-0.15, -0.1) is 0 Å². The Hall–Kier alpha value is -2.99. The first-order valence-corrected chi connectivity index (χ1v) is 9.08. The second-order valence-electron chi connectivity index (χ2n) is 6.71. The van der Waals surface area contributed by atoms with Crippen LogP contribution in [0, 0.1) is 6.92 Å². The highest BCUT2D eigenvalue weighted by molar-refractivity contribution is 5.64. The fraction of sp³-hybridized carbons (Fsp3) is 0.286. The number of benzene rings is 1. The molecule has 0 aliphatic heterocycles. The van der Waals surface area contributed by atoms with Crippen LogP contribution in [-0.2, 0) is 6.54 Å². The number of rotatable bonds is 8. The number of nitrogens with one attached hydrogen (secondary N) is 2. The molecule has 140 valence electrons. The molecular weight excluding hydrogens is 336 g/mol. The first kappa shape index (κ1) is 18.8. The molecule has 0 unspecified atom stereocenters. The molecule has 0 bridgehead atoms. The Bertz CT molecular complexity index is 864. The summed E-state index contributed by atoms with van der Waals surface area (Å²) in [6, 6.07) is 14.2. The Kier molecular flexibility index (Phi) is 6.33. The Morgan fingerprint density at radius 1 is 0.963 bits per heavy atom. The van der Waals surface area contributed by atoms with E-state index in [1.54, 1.807) is 12.4 Å². The summed E-state index contributed by atoms with van der Waals surface area (Å²) >= 11 is 0. The maximum absolute atomic E-state index is 4.66. The van der Waals surface area contributed by atoms with Crippen LogP contribution in [0.3, 0.4) is 0 Å². The van der Waals surface area contributed by atoms with Gasteiger partial charge in [0.15, 0.2) is 0 Å². The molecule has 0 saturated heterocycles. The zero-order valence-corrected chi connectivity index (χ0v) is 16.1. The van der Waals surface area contributed by atoms with Crippen LogP contribution < -0.4 is 10.6 Å². The van der Waals surface area contributed by atoms with E-state index >= 15 is 0 Å². The summed E-state index contributed by atoms with van der Waals surface area (Å²) in [5.74, 6) is 1.42. The van der Waals surface area contributed by atoms with Crippen molar-refractivity contribution in [3.05, 3.63) is 66.0 Å². The smallest absolute Gasteiger partial charge is 0.225 e. The lowest BCUT2D eigenvalue weighted by Gasteiger charge is -2.14. The number of hydrogen-bond donors (Lipinski definition) is 2. The number of anilines is 2. The molecule has 2 aromatic heterocycles. The molecule has 1 aromatic carbocycles. The quantitative estimate of drug-likeness (QED) is 0.640. The standard InChI is InChI=1S/C21H26N6/c1-16-6-4-5-7-18(16)15-24-20-14-19(17-8-10-22-11-9-17)25-21(26-20)23-12-13-27(2)3/h4-11,14H,12-13,15H2,1-3H3,(H2,23,24,25,26). The molecule has 3 aromatic rings. The van der Waals surface area contributed by atoms with Crippen LogP contribution in [0.5, 0.6) is 0 Å². The summed E-state index contributed by atoms with van der Waals surface area (Å²) in [5, 5.41) is 6.75. The monoisotopic (exact) mass is 362 g/mol. The molecule has 0 aliphatic carbocycles. The van der Waals surface area contributed by atoms with Crippen LogP contribution in [0.15, 0.2) is 54.9 Å². The minimum Gasteiger partial charge on any atom is -0.366 e. The number of aryl methyl sites for hydroxylation is 1. The summed E-state index contributed by atoms with van der Waals surface area (Å²) in [4.78, 5) is 15.5. The van der Waals surface area contributed by atoms with Gasteiger partial charge in [0, 0.05) is 43.7 Å². The third-order valence-electron chi connectivity index (χ3n) is 4.27. The van der Waals surface area contributed by atoms with Crippen molar-refractivity contribution >= 4 is 11.8 Å². The number of likely N-dealkylation sites (N-methyl/N-ethyl adjacent to an activating group) is 1. The van der Waals surface area contributed by atoms with Crippen LogP contribution in [0.25, 0.3) is 11.3 Å². The van der Waals surface area contributed by atoms with E-state index in [0.717, 1.165) is 36.7 Å². The van der Waals surface area contributed by atoms with Crippen LogP contribution in [-0.4, -0.2) is 47.0 Å². The van der Waals surface area contributed by atoms with E-state index in [9.17, 15) is 0 Å². The molecule has 0 amide bonds. The highest BCUT2D eigenvalue weighted by Crippen LogP contribution is 2.21. The van der Waals surface area contributed by atoms with E-state index in [1.807, 2.05) is 32.3 Å². The number of hydrogen-bond acceptors (Lipinski definition) is 6. The predicted octanol–water partition coefficient (Wildman–Crippen LogP) is 3.43. The second kappa shape index (κ2) is 9.09. The molecule has 0 radical (unpaired) electrons. The molecule has 0 spiro atoms. The Morgan fingerprint density at radius 3 is 2.48 bits per heavy atom. The van der Waals surface area contributed by atoms with Crippen molar-refractivity contribution in [2.45, 2.75) is 13.5 Å². The molecule has 27 heavy (non-hydrogen) atoms. The van der Waals surface area contributed by atoms with Crippen molar-refractivity contribution < 1.29 is 0 Å². The van der Waals surface area contributed by atoms with Gasteiger partial charge in [0.25, 0.3) is 0 Å². The van der Waals surface area contributed by atoms with Crippen molar-refractivity contribution in [1.29, 1.82) is 0 Å². The zero-order valence-electron chi connectivity index (χ0n) is 16.1. The summed E-state index contributed by atoms with van der Waals surface area (Å²) in [7, 11) is 4.09. The van der Waals surface area contributed by atoms with Gasteiger partial charge in [0.05, 0.1) is 5.69 Å². The minimum absolute atomic E-state index is 0.624. The van der Waals surface area contributed by atoms with Crippen LogP contribution >= 0.6 is 0 Å². The SMILES string of the molecule is Cc1ccccc1CNc1cc(-c2ccncc2)nc(NCCN(C)C)n1. The summed E-state index contributed by atoms with van der Waals surface area (Å²) in [6.45, 7) is 4.53. The fourth-order valence-corrected chi connectivity index (χ4v) is 2.67. The van der Waals surface area contributed by atoms with Gasteiger partial charge < -0.3 is 15.5 Å². The molecule has 3 rings (SSSR count). The molecule has 6 heteroatoms. The zero-order chi connectivity index (χ0) is 19.1. The van der Waals surface area contributed by atoms with E-state index in [-0.39, 0.29) is 0 Å². The lowest BCUT2D eigenvalue weighted by atomic mass is 10.1. The fourth-order valence-electron chi connectivity index (χ4n) is 2.67. The third kappa shape index (κ3) is 5.49. The molecule has 2 N–H and O–H groups in total. The van der Waals surface area contributed by atoms with E-state index in [4.69, 9.17) is 0 Å². The Labute approximate surface area is 160 Å². The Morgan fingerprint density at radius 2 is 1.74 bits per heavy atom. The lowest BCUT2D eigenvalue weighted by molar-refractivity contribution is 0.425. The number of nitrogens with zero attached hydrogens (tertiary/aromatic N) is 4. The van der Waals surface area contributed by atoms with Crippen LogP contribution in [0.2, 0.25) is 0 Å². The molecule has 0 aliphatic rings. The van der Waals surface area contributed by atoms with Crippen molar-refractivity contribution in [2.75, 3.05) is 37.8 Å². The molecule has 6 nitrogen and oxygen atoms in total. The maximum atomic E-state index is 4.66. The van der Waals surface area contributed by atoms with Crippen molar-refractivity contribution in [2.24, 2.45) is 0 Å². The number of aromatic nitrogens is 3. The van der Waals surface area contributed by atoms with Gasteiger partial charge in [0.2, 0.25) is 5.95 Å². The molecule has 0 saturated carbocycles. The largest absolute Gasteiger partial charge is 0.366 e. The van der Waals surface area contributed by atoms with Crippen LogP contribution in [0.1, 0.15) is 11.1 Å². The Balaban J connectivity index is 1.81. The van der Waals surface area contributed by atoms with Gasteiger partial charge in [-0.2, -0.15) is 4.98 Å². The van der Waals surface area contributed by atoms with Crippen molar-refractivity contribution in [3.63, 3.8) is 0 Å². The summed E-state index contributed by atoms with van der Waals surface area (Å²) in [6.07, 6.45) is 3.55. The maximum Gasteiger partial charge on any atom is 0.225 e.